The van der Waals surface area contributed by atoms with Crippen molar-refractivity contribution in [3.05, 3.63) is 17.6 Å². The fourth-order valence-electron chi connectivity index (χ4n) is 2.68. The molecule has 0 spiro atoms. The predicted octanol–water partition coefficient (Wildman–Crippen LogP) is 2.03. The third-order valence-corrected chi connectivity index (χ3v) is 5.77. The highest BCUT2D eigenvalue weighted by Gasteiger charge is 2.34. The smallest absolute Gasteiger partial charge is 0.246 e. The van der Waals surface area contributed by atoms with Crippen molar-refractivity contribution < 1.29 is 17.9 Å². The van der Waals surface area contributed by atoms with Crippen LogP contribution in [0.15, 0.2) is 15.4 Å². The number of aliphatic hydroxyl groups is 1. The Bertz CT molecular complexity index is 535. The van der Waals surface area contributed by atoms with E-state index in [4.69, 9.17) is 9.52 Å². The summed E-state index contributed by atoms with van der Waals surface area (Å²) >= 11 is 0. The van der Waals surface area contributed by atoms with Gasteiger partial charge in [-0.05, 0) is 26.2 Å². The molecule has 2 heterocycles. The molecule has 1 aliphatic heterocycles. The molecule has 0 radical (unpaired) electrons. The van der Waals surface area contributed by atoms with Crippen LogP contribution in [0, 0.1) is 6.92 Å². The van der Waals surface area contributed by atoms with Gasteiger partial charge < -0.3 is 9.52 Å². The SMILES string of the molecule is CCC1CCCCN1S(=O)(=O)c1cc(CO)oc1C. The van der Waals surface area contributed by atoms with E-state index in [1.54, 1.807) is 11.2 Å². The maximum Gasteiger partial charge on any atom is 0.246 e. The minimum atomic E-state index is -3.51. The first kappa shape index (κ1) is 14.6. The van der Waals surface area contributed by atoms with Gasteiger partial charge in [-0.1, -0.05) is 13.3 Å². The Morgan fingerprint density at radius 3 is 2.79 bits per heavy atom. The third kappa shape index (κ3) is 2.70. The molecule has 0 amide bonds. The molecule has 1 aliphatic rings. The largest absolute Gasteiger partial charge is 0.462 e. The van der Waals surface area contributed by atoms with Crippen molar-refractivity contribution in [2.45, 2.75) is 57.1 Å². The standard InChI is InChI=1S/C13H21NO4S/c1-3-11-6-4-5-7-14(11)19(16,17)13-8-12(9-15)18-10(13)2/h8,11,15H,3-7,9H2,1-2H3. The van der Waals surface area contributed by atoms with Crippen molar-refractivity contribution in [3.8, 4) is 0 Å². The first-order valence-corrected chi connectivity index (χ1v) is 8.16. The number of furan rings is 1. The zero-order valence-electron chi connectivity index (χ0n) is 11.4. The van der Waals surface area contributed by atoms with Crippen molar-refractivity contribution >= 4 is 10.0 Å². The van der Waals surface area contributed by atoms with Crippen LogP contribution in [0.5, 0.6) is 0 Å². The maximum atomic E-state index is 12.7. The Kier molecular flexibility index (Phi) is 4.32. The second-order valence-electron chi connectivity index (χ2n) is 4.96. The molecule has 0 aromatic carbocycles. The number of hydrogen-bond acceptors (Lipinski definition) is 4. The molecule has 0 aliphatic carbocycles. The van der Waals surface area contributed by atoms with Crippen LogP contribution in [0.3, 0.4) is 0 Å². The Morgan fingerprint density at radius 2 is 2.21 bits per heavy atom. The number of nitrogens with zero attached hydrogens (tertiary/aromatic N) is 1. The quantitative estimate of drug-likeness (QED) is 0.920. The van der Waals surface area contributed by atoms with Gasteiger partial charge in [0.1, 0.15) is 23.0 Å². The fraction of sp³-hybridized carbons (Fsp3) is 0.692. The van der Waals surface area contributed by atoms with Gasteiger partial charge in [-0.3, -0.25) is 0 Å². The summed E-state index contributed by atoms with van der Waals surface area (Å²) in [6, 6.07) is 1.51. The Balaban J connectivity index is 2.37. The Morgan fingerprint density at radius 1 is 1.47 bits per heavy atom. The second kappa shape index (κ2) is 5.64. The van der Waals surface area contributed by atoms with Crippen molar-refractivity contribution in [2.75, 3.05) is 6.54 Å². The molecule has 108 valence electrons. The Hall–Kier alpha value is -0.850. The molecule has 5 nitrogen and oxygen atoms in total. The minimum Gasteiger partial charge on any atom is -0.462 e. The van der Waals surface area contributed by atoms with Crippen LogP contribution in [-0.4, -0.2) is 30.4 Å². The van der Waals surface area contributed by atoms with Crippen LogP contribution >= 0.6 is 0 Å². The molecular weight excluding hydrogens is 266 g/mol. The van der Waals surface area contributed by atoms with Crippen LogP contribution in [0.2, 0.25) is 0 Å². The first-order chi connectivity index (χ1) is 9.00. The summed E-state index contributed by atoms with van der Waals surface area (Å²) in [5.74, 6) is 0.644. The van der Waals surface area contributed by atoms with E-state index < -0.39 is 10.0 Å². The van der Waals surface area contributed by atoms with Gasteiger partial charge in [-0.25, -0.2) is 8.42 Å². The van der Waals surface area contributed by atoms with Gasteiger partial charge in [-0.15, -0.1) is 0 Å². The van der Waals surface area contributed by atoms with E-state index in [2.05, 4.69) is 0 Å². The summed E-state index contributed by atoms with van der Waals surface area (Å²) in [4.78, 5) is 0.192. The summed E-state index contributed by atoms with van der Waals surface area (Å²) in [6.45, 7) is 3.92. The van der Waals surface area contributed by atoms with Gasteiger partial charge >= 0.3 is 0 Å². The first-order valence-electron chi connectivity index (χ1n) is 6.72. The average molecular weight is 287 g/mol. The molecule has 1 saturated heterocycles. The number of hydrogen-bond donors (Lipinski definition) is 1. The molecule has 2 rings (SSSR count). The lowest BCUT2D eigenvalue weighted by Crippen LogP contribution is -2.43. The van der Waals surface area contributed by atoms with E-state index >= 15 is 0 Å². The van der Waals surface area contributed by atoms with Gasteiger partial charge in [0.05, 0.1) is 0 Å². The molecule has 1 unspecified atom stereocenters. The van der Waals surface area contributed by atoms with E-state index in [1.807, 2.05) is 6.92 Å². The highest BCUT2D eigenvalue weighted by atomic mass is 32.2. The highest BCUT2D eigenvalue weighted by molar-refractivity contribution is 7.89. The monoisotopic (exact) mass is 287 g/mol. The zero-order valence-corrected chi connectivity index (χ0v) is 12.2. The number of rotatable bonds is 4. The lowest BCUT2D eigenvalue weighted by Gasteiger charge is -2.33. The minimum absolute atomic E-state index is 0.0747. The average Bonchev–Trinajstić information content (AvgIpc) is 2.80. The van der Waals surface area contributed by atoms with Gasteiger partial charge in [0.25, 0.3) is 0 Å². The van der Waals surface area contributed by atoms with E-state index in [0.29, 0.717) is 18.1 Å². The van der Waals surface area contributed by atoms with Crippen LogP contribution in [-0.2, 0) is 16.6 Å². The lowest BCUT2D eigenvalue weighted by atomic mass is 10.0. The number of aliphatic hydroxyl groups excluding tert-OH is 1. The molecule has 0 bridgehead atoms. The van der Waals surface area contributed by atoms with Gasteiger partial charge in [-0.2, -0.15) is 4.31 Å². The maximum absolute atomic E-state index is 12.7. The van der Waals surface area contributed by atoms with Crippen LogP contribution in [0.1, 0.15) is 44.1 Å². The van der Waals surface area contributed by atoms with Gasteiger partial charge in [0.2, 0.25) is 10.0 Å². The summed E-state index contributed by atoms with van der Waals surface area (Å²) in [7, 11) is -3.51. The van der Waals surface area contributed by atoms with Crippen LogP contribution < -0.4 is 0 Å². The normalized spacial score (nSPS) is 21.7. The lowest BCUT2D eigenvalue weighted by molar-refractivity contribution is 0.243. The fourth-order valence-corrected chi connectivity index (χ4v) is 4.64. The van der Waals surface area contributed by atoms with E-state index in [9.17, 15) is 8.42 Å². The number of piperidine rings is 1. The number of aryl methyl sites for hydroxylation is 1. The van der Waals surface area contributed by atoms with E-state index in [-0.39, 0.29) is 17.5 Å². The molecule has 1 N–H and O–H groups in total. The topological polar surface area (TPSA) is 70.8 Å². The van der Waals surface area contributed by atoms with Gasteiger partial charge in [0, 0.05) is 18.7 Å². The van der Waals surface area contributed by atoms with Crippen molar-refractivity contribution in [1.82, 2.24) is 4.31 Å². The molecule has 1 aromatic heterocycles. The summed E-state index contributed by atoms with van der Waals surface area (Å²) < 4.78 is 32.2. The predicted molar refractivity (Wildman–Crippen MR) is 71.2 cm³/mol. The summed E-state index contributed by atoms with van der Waals surface area (Å²) in [5, 5.41) is 9.05. The van der Waals surface area contributed by atoms with E-state index in [1.165, 1.54) is 6.07 Å². The molecule has 19 heavy (non-hydrogen) atoms. The molecule has 6 heteroatoms. The molecule has 1 atom stereocenters. The zero-order chi connectivity index (χ0) is 14.0. The molecule has 1 aromatic rings. The van der Waals surface area contributed by atoms with E-state index in [0.717, 1.165) is 25.7 Å². The molecule has 0 saturated carbocycles. The Labute approximate surface area is 114 Å². The van der Waals surface area contributed by atoms with Crippen LogP contribution in [0.25, 0.3) is 0 Å². The number of sulfonamides is 1. The van der Waals surface area contributed by atoms with Crippen molar-refractivity contribution in [3.63, 3.8) is 0 Å². The highest BCUT2D eigenvalue weighted by Crippen LogP contribution is 2.30. The van der Waals surface area contributed by atoms with Gasteiger partial charge in [0.15, 0.2) is 0 Å². The third-order valence-electron chi connectivity index (χ3n) is 3.71. The van der Waals surface area contributed by atoms with Crippen molar-refractivity contribution in [2.24, 2.45) is 0 Å². The molecular formula is C13H21NO4S. The second-order valence-corrected chi connectivity index (χ2v) is 6.82. The molecule has 1 fully saturated rings. The van der Waals surface area contributed by atoms with Crippen molar-refractivity contribution in [1.29, 1.82) is 0 Å². The summed E-state index contributed by atoms with van der Waals surface area (Å²) in [6.07, 6.45) is 3.72. The van der Waals surface area contributed by atoms with Crippen LogP contribution in [0.4, 0.5) is 0 Å². The summed E-state index contributed by atoms with van der Waals surface area (Å²) in [5.41, 5.74) is 0.